The quantitative estimate of drug-likeness (QED) is 0.483. The Bertz CT molecular complexity index is 823. The standard InChI is InChI=1S/C16H10Cl2N2O3/c17-14-6-12(20(21)22)7-15(18)13(14)5-10-1-3-11(4-2-10)16-8-19-9-23-16/h1-4,6-9H,5H2. The Morgan fingerprint density at radius 1 is 1.13 bits per heavy atom. The Morgan fingerprint density at radius 2 is 1.78 bits per heavy atom. The zero-order valence-corrected chi connectivity index (χ0v) is 13.2. The maximum atomic E-state index is 10.8. The Kier molecular flexibility index (Phi) is 4.32. The van der Waals surface area contributed by atoms with Crippen LogP contribution in [0.5, 0.6) is 0 Å². The molecule has 0 bridgehead atoms. The van der Waals surface area contributed by atoms with Gasteiger partial charge >= 0.3 is 0 Å². The summed E-state index contributed by atoms with van der Waals surface area (Å²) in [6, 6.07) is 10.3. The largest absolute Gasteiger partial charge is 0.444 e. The minimum atomic E-state index is -0.520. The number of rotatable bonds is 4. The summed E-state index contributed by atoms with van der Waals surface area (Å²) >= 11 is 12.3. The summed E-state index contributed by atoms with van der Waals surface area (Å²) in [5.74, 6) is 0.683. The van der Waals surface area contributed by atoms with Crippen LogP contribution in [0.3, 0.4) is 0 Å². The van der Waals surface area contributed by atoms with Crippen molar-refractivity contribution in [3.05, 3.63) is 80.3 Å². The summed E-state index contributed by atoms with van der Waals surface area (Å²) in [6.07, 6.45) is 3.49. The van der Waals surface area contributed by atoms with Crippen molar-refractivity contribution < 1.29 is 9.34 Å². The van der Waals surface area contributed by atoms with E-state index < -0.39 is 4.92 Å². The highest BCUT2D eigenvalue weighted by Crippen LogP contribution is 2.32. The fourth-order valence-corrected chi connectivity index (χ4v) is 2.82. The van der Waals surface area contributed by atoms with Crippen LogP contribution in [0.2, 0.25) is 10.0 Å². The molecule has 0 amide bonds. The van der Waals surface area contributed by atoms with Crippen molar-refractivity contribution in [2.24, 2.45) is 0 Å². The topological polar surface area (TPSA) is 69.2 Å². The van der Waals surface area contributed by atoms with Crippen molar-refractivity contribution in [2.45, 2.75) is 6.42 Å². The maximum Gasteiger partial charge on any atom is 0.272 e. The highest BCUT2D eigenvalue weighted by atomic mass is 35.5. The van der Waals surface area contributed by atoms with E-state index in [1.54, 1.807) is 6.20 Å². The summed E-state index contributed by atoms with van der Waals surface area (Å²) in [6.45, 7) is 0. The fraction of sp³-hybridized carbons (Fsp3) is 0.0625. The third kappa shape index (κ3) is 3.36. The lowest BCUT2D eigenvalue weighted by atomic mass is 10.0. The average molecular weight is 349 g/mol. The molecule has 23 heavy (non-hydrogen) atoms. The normalized spacial score (nSPS) is 10.7. The van der Waals surface area contributed by atoms with Gasteiger partial charge in [0.05, 0.1) is 21.2 Å². The molecule has 0 unspecified atom stereocenters. The molecule has 0 radical (unpaired) electrons. The predicted molar refractivity (Wildman–Crippen MR) is 87.9 cm³/mol. The third-order valence-corrected chi connectivity index (χ3v) is 4.06. The van der Waals surface area contributed by atoms with Crippen LogP contribution in [-0.4, -0.2) is 9.91 Å². The van der Waals surface area contributed by atoms with E-state index in [4.69, 9.17) is 27.6 Å². The van der Waals surface area contributed by atoms with Crippen molar-refractivity contribution >= 4 is 28.9 Å². The molecular weight excluding hydrogens is 339 g/mol. The minimum absolute atomic E-state index is 0.121. The van der Waals surface area contributed by atoms with Crippen LogP contribution in [0.1, 0.15) is 11.1 Å². The molecule has 0 fully saturated rings. The van der Waals surface area contributed by atoms with E-state index in [0.29, 0.717) is 17.7 Å². The van der Waals surface area contributed by atoms with E-state index in [0.717, 1.165) is 11.1 Å². The first-order valence-electron chi connectivity index (χ1n) is 6.64. The first-order chi connectivity index (χ1) is 11.0. The molecule has 0 N–H and O–H groups in total. The van der Waals surface area contributed by atoms with E-state index in [1.807, 2.05) is 24.3 Å². The Labute approximate surface area is 141 Å². The molecule has 7 heteroatoms. The van der Waals surface area contributed by atoms with Gasteiger partial charge in [-0.1, -0.05) is 47.5 Å². The lowest BCUT2D eigenvalue weighted by molar-refractivity contribution is -0.384. The number of aromatic nitrogens is 1. The molecule has 0 atom stereocenters. The summed E-state index contributed by atoms with van der Waals surface area (Å²) < 4.78 is 5.23. The molecule has 3 rings (SSSR count). The number of nitrogens with zero attached hydrogens (tertiary/aromatic N) is 2. The molecule has 0 aliphatic rings. The fourth-order valence-electron chi connectivity index (χ4n) is 2.21. The van der Waals surface area contributed by atoms with Crippen molar-refractivity contribution in [1.82, 2.24) is 4.98 Å². The second-order valence-corrected chi connectivity index (χ2v) is 5.70. The van der Waals surface area contributed by atoms with Crippen molar-refractivity contribution in [3.63, 3.8) is 0 Å². The minimum Gasteiger partial charge on any atom is -0.444 e. The molecule has 1 aromatic heterocycles. The lowest BCUT2D eigenvalue weighted by Crippen LogP contribution is -1.94. The summed E-state index contributed by atoms with van der Waals surface area (Å²) in [4.78, 5) is 14.2. The third-order valence-electron chi connectivity index (χ3n) is 3.39. The van der Waals surface area contributed by atoms with E-state index >= 15 is 0 Å². The van der Waals surface area contributed by atoms with Gasteiger partial charge in [0.2, 0.25) is 0 Å². The second-order valence-electron chi connectivity index (χ2n) is 4.88. The number of hydrogen-bond acceptors (Lipinski definition) is 4. The monoisotopic (exact) mass is 348 g/mol. The van der Waals surface area contributed by atoms with E-state index in [1.165, 1.54) is 18.5 Å². The molecule has 116 valence electrons. The Hall–Kier alpha value is -2.37. The van der Waals surface area contributed by atoms with Gasteiger partial charge in [-0.25, -0.2) is 4.98 Å². The van der Waals surface area contributed by atoms with E-state index in [-0.39, 0.29) is 15.7 Å². The summed E-state index contributed by atoms with van der Waals surface area (Å²) in [5.41, 5.74) is 2.42. The van der Waals surface area contributed by atoms with Crippen LogP contribution in [0.25, 0.3) is 11.3 Å². The van der Waals surface area contributed by atoms with Crippen LogP contribution in [0.15, 0.2) is 53.4 Å². The molecule has 5 nitrogen and oxygen atoms in total. The van der Waals surface area contributed by atoms with Crippen LogP contribution in [0.4, 0.5) is 5.69 Å². The highest BCUT2D eigenvalue weighted by molar-refractivity contribution is 6.36. The number of nitro groups is 1. The average Bonchev–Trinajstić information content (AvgIpc) is 3.05. The molecule has 0 saturated carbocycles. The zero-order valence-electron chi connectivity index (χ0n) is 11.7. The molecule has 1 heterocycles. The first-order valence-corrected chi connectivity index (χ1v) is 7.40. The van der Waals surface area contributed by atoms with Gasteiger partial charge in [0.25, 0.3) is 5.69 Å². The number of oxazole rings is 1. The summed E-state index contributed by atoms with van der Waals surface area (Å²) in [5, 5.41) is 11.4. The van der Waals surface area contributed by atoms with Gasteiger partial charge in [-0.05, 0) is 11.1 Å². The Balaban J connectivity index is 1.86. The van der Waals surface area contributed by atoms with Crippen LogP contribution >= 0.6 is 23.2 Å². The molecular formula is C16H10Cl2N2O3. The van der Waals surface area contributed by atoms with Gasteiger partial charge in [-0.15, -0.1) is 0 Å². The second kappa shape index (κ2) is 6.40. The predicted octanol–water partition coefficient (Wildman–Crippen LogP) is 5.15. The van der Waals surface area contributed by atoms with E-state index in [2.05, 4.69) is 4.98 Å². The van der Waals surface area contributed by atoms with Crippen LogP contribution in [-0.2, 0) is 6.42 Å². The summed E-state index contributed by atoms with van der Waals surface area (Å²) in [7, 11) is 0. The Morgan fingerprint density at radius 3 is 2.30 bits per heavy atom. The maximum absolute atomic E-state index is 10.8. The van der Waals surface area contributed by atoms with Gasteiger partial charge < -0.3 is 4.42 Å². The van der Waals surface area contributed by atoms with Crippen molar-refractivity contribution in [3.8, 4) is 11.3 Å². The molecule has 2 aromatic carbocycles. The van der Waals surface area contributed by atoms with Crippen LogP contribution in [0, 0.1) is 10.1 Å². The highest BCUT2D eigenvalue weighted by Gasteiger charge is 2.15. The first kappa shape index (κ1) is 15.5. The molecule has 3 aromatic rings. The SMILES string of the molecule is O=[N+]([O-])c1cc(Cl)c(Cc2ccc(-c3cnco3)cc2)c(Cl)c1. The molecule has 0 spiro atoms. The smallest absolute Gasteiger partial charge is 0.272 e. The van der Waals surface area contributed by atoms with E-state index in [9.17, 15) is 10.1 Å². The molecule has 0 saturated heterocycles. The van der Waals surface area contributed by atoms with Gasteiger partial charge in [-0.3, -0.25) is 10.1 Å². The van der Waals surface area contributed by atoms with Gasteiger partial charge in [0, 0.05) is 24.1 Å². The van der Waals surface area contributed by atoms with Crippen molar-refractivity contribution in [2.75, 3.05) is 0 Å². The number of hydrogen-bond donors (Lipinski definition) is 0. The number of benzene rings is 2. The van der Waals surface area contributed by atoms with Gasteiger partial charge in [0.15, 0.2) is 12.2 Å². The molecule has 0 aliphatic heterocycles. The number of nitro benzene ring substituents is 1. The number of non-ortho nitro benzene ring substituents is 1. The van der Waals surface area contributed by atoms with Crippen LogP contribution < -0.4 is 0 Å². The number of halogens is 2. The van der Waals surface area contributed by atoms with Crippen molar-refractivity contribution in [1.29, 1.82) is 0 Å². The van der Waals surface area contributed by atoms with Gasteiger partial charge in [0.1, 0.15) is 0 Å². The zero-order chi connectivity index (χ0) is 16.4. The molecule has 0 aliphatic carbocycles. The lowest BCUT2D eigenvalue weighted by Gasteiger charge is -2.08. The van der Waals surface area contributed by atoms with Gasteiger partial charge in [-0.2, -0.15) is 0 Å².